The molecule has 17 heavy (non-hydrogen) atoms. The Labute approximate surface area is 98.8 Å². The Morgan fingerprint density at radius 3 is 2.24 bits per heavy atom. The minimum atomic E-state index is -1.66. The Bertz CT molecular complexity index is 319. The van der Waals surface area contributed by atoms with Gasteiger partial charge in [0.1, 0.15) is 0 Å². The molecule has 1 N–H and O–H groups in total. The summed E-state index contributed by atoms with van der Waals surface area (Å²) in [5, 5.41) is 8.31. The quantitative estimate of drug-likeness (QED) is 0.600. The molecule has 1 saturated carbocycles. The van der Waals surface area contributed by atoms with Crippen molar-refractivity contribution in [2.45, 2.75) is 32.1 Å². The highest BCUT2D eigenvalue weighted by Crippen LogP contribution is 2.32. The summed E-state index contributed by atoms with van der Waals surface area (Å²) in [6.45, 7) is 3.64. The number of hydrogen-bond donors (Lipinski definition) is 1. The van der Waals surface area contributed by atoms with Gasteiger partial charge in [0, 0.05) is 12.8 Å². The molecule has 2 fully saturated rings. The van der Waals surface area contributed by atoms with Gasteiger partial charge in [-0.1, -0.05) is 11.1 Å². The molecule has 94 valence electrons. The number of nitrogens with zero attached hydrogens (tertiary/aromatic N) is 1. The monoisotopic (exact) mass is 241 g/mol. The van der Waals surface area contributed by atoms with Gasteiger partial charge in [-0.15, -0.1) is 6.58 Å². The van der Waals surface area contributed by atoms with E-state index in [0.717, 1.165) is 5.92 Å². The number of hydrogen-bond acceptors (Lipinski definition) is 4. The zero-order valence-corrected chi connectivity index (χ0v) is 9.42. The molecule has 1 aliphatic heterocycles. The van der Waals surface area contributed by atoms with Crippen LogP contribution in [0.15, 0.2) is 12.7 Å². The summed E-state index contributed by atoms with van der Waals surface area (Å²) >= 11 is 0. The third-order valence-corrected chi connectivity index (χ3v) is 2.37. The van der Waals surface area contributed by atoms with E-state index in [2.05, 4.69) is 11.4 Å². The molecule has 0 aromatic carbocycles. The lowest BCUT2D eigenvalue weighted by Gasteiger charge is -2.08. The standard InChI is InChI=1S/C6H10.C5H5NO5/c1-2-3-6-4-5-6;7-3-1-2-4(8)6(3)11-5(9)10/h2,6H,1,3-5H2;1-2H2,(H,9,10). The maximum absolute atomic E-state index is 10.6. The summed E-state index contributed by atoms with van der Waals surface area (Å²) in [4.78, 5) is 35.0. The molecule has 1 aliphatic carbocycles. The van der Waals surface area contributed by atoms with Crippen LogP contribution < -0.4 is 0 Å². The van der Waals surface area contributed by atoms with E-state index in [4.69, 9.17) is 5.11 Å². The molecule has 0 spiro atoms. The van der Waals surface area contributed by atoms with Crippen LogP contribution in [0.5, 0.6) is 0 Å². The first-order valence-corrected chi connectivity index (χ1v) is 5.42. The first-order valence-electron chi connectivity index (χ1n) is 5.42. The number of carbonyl (C=O) groups is 3. The first-order chi connectivity index (χ1) is 8.04. The second-order valence-corrected chi connectivity index (χ2v) is 3.91. The number of hydroxylamine groups is 2. The maximum atomic E-state index is 10.6. The SMILES string of the molecule is C=CCC1CC1.O=C(O)ON1C(=O)CCC1=O. The summed E-state index contributed by atoms with van der Waals surface area (Å²) in [6.07, 6.45) is 4.54. The molecule has 2 amide bonds. The first kappa shape index (κ1) is 13.2. The summed E-state index contributed by atoms with van der Waals surface area (Å²) in [7, 11) is 0. The summed E-state index contributed by atoms with van der Waals surface area (Å²) in [6, 6.07) is 0. The Hall–Kier alpha value is -1.85. The van der Waals surface area contributed by atoms with Gasteiger partial charge < -0.3 is 5.11 Å². The normalized spacial score (nSPS) is 18.5. The Kier molecular flexibility index (Phi) is 4.68. The van der Waals surface area contributed by atoms with Gasteiger partial charge in [0.25, 0.3) is 11.8 Å². The van der Waals surface area contributed by atoms with Crippen molar-refractivity contribution >= 4 is 18.0 Å². The molecule has 6 nitrogen and oxygen atoms in total. The van der Waals surface area contributed by atoms with Gasteiger partial charge in [0.15, 0.2) is 0 Å². The molecular weight excluding hydrogens is 226 g/mol. The molecule has 0 aromatic heterocycles. The fourth-order valence-electron chi connectivity index (χ4n) is 1.33. The molecule has 1 saturated heterocycles. The number of carboxylic acid groups (broad SMARTS) is 1. The minimum absolute atomic E-state index is 0.0200. The maximum Gasteiger partial charge on any atom is 0.531 e. The van der Waals surface area contributed by atoms with E-state index in [1.54, 1.807) is 0 Å². The fourth-order valence-corrected chi connectivity index (χ4v) is 1.33. The van der Waals surface area contributed by atoms with Crippen molar-refractivity contribution in [1.29, 1.82) is 0 Å². The van der Waals surface area contributed by atoms with Gasteiger partial charge in [0.2, 0.25) is 0 Å². The van der Waals surface area contributed by atoms with Gasteiger partial charge in [-0.25, -0.2) is 4.79 Å². The zero-order chi connectivity index (χ0) is 12.8. The van der Waals surface area contributed by atoms with Crippen LogP contribution in [0.3, 0.4) is 0 Å². The smallest absolute Gasteiger partial charge is 0.448 e. The molecule has 2 rings (SSSR count). The van der Waals surface area contributed by atoms with Crippen LogP contribution in [-0.4, -0.2) is 28.1 Å². The predicted molar refractivity (Wildman–Crippen MR) is 57.7 cm³/mol. The Morgan fingerprint density at radius 1 is 1.41 bits per heavy atom. The summed E-state index contributed by atoms with van der Waals surface area (Å²) in [5.74, 6) is -0.197. The Morgan fingerprint density at radius 2 is 1.94 bits per heavy atom. The molecule has 0 bridgehead atoms. The molecule has 2 aliphatic rings. The molecule has 0 radical (unpaired) electrons. The molecule has 1 heterocycles. The van der Waals surface area contributed by atoms with Crippen molar-refractivity contribution in [1.82, 2.24) is 5.06 Å². The van der Waals surface area contributed by atoms with Crippen LogP contribution in [-0.2, 0) is 14.4 Å². The van der Waals surface area contributed by atoms with Crippen molar-refractivity contribution in [3.05, 3.63) is 12.7 Å². The lowest BCUT2D eigenvalue weighted by atomic mass is 10.3. The van der Waals surface area contributed by atoms with Gasteiger partial charge in [0.05, 0.1) is 0 Å². The lowest BCUT2D eigenvalue weighted by molar-refractivity contribution is -0.175. The third-order valence-electron chi connectivity index (χ3n) is 2.37. The molecule has 0 unspecified atom stereocenters. The second-order valence-electron chi connectivity index (χ2n) is 3.91. The lowest BCUT2D eigenvalue weighted by Crippen LogP contribution is -2.31. The fraction of sp³-hybridized carbons (Fsp3) is 0.545. The molecular formula is C11H15NO5. The molecule has 0 aromatic rings. The van der Waals surface area contributed by atoms with E-state index in [-0.39, 0.29) is 17.9 Å². The van der Waals surface area contributed by atoms with Crippen molar-refractivity contribution < 1.29 is 24.3 Å². The second kappa shape index (κ2) is 6.03. The third kappa shape index (κ3) is 4.67. The summed E-state index contributed by atoms with van der Waals surface area (Å²) in [5.41, 5.74) is 0. The van der Waals surface area contributed by atoms with Gasteiger partial charge in [-0.2, -0.15) is 0 Å². The van der Waals surface area contributed by atoms with E-state index in [0.29, 0.717) is 0 Å². The van der Waals surface area contributed by atoms with Crippen molar-refractivity contribution in [3.63, 3.8) is 0 Å². The van der Waals surface area contributed by atoms with Crippen LogP contribution in [0.25, 0.3) is 0 Å². The van der Waals surface area contributed by atoms with E-state index in [9.17, 15) is 14.4 Å². The highest BCUT2D eigenvalue weighted by Gasteiger charge is 2.32. The highest BCUT2D eigenvalue weighted by atomic mass is 16.8. The number of rotatable bonds is 3. The topological polar surface area (TPSA) is 83.9 Å². The van der Waals surface area contributed by atoms with E-state index < -0.39 is 18.0 Å². The number of carbonyl (C=O) groups excluding carboxylic acids is 2. The van der Waals surface area contributed by atoms with E-state index >= 15 is 0 Å². The molecule has 6 heteroatoms. The van der Waals surface area contributed by atoms with E-state index in [1.165, 1.54) is 19.3 Å². The van der Waals surface area contributed by atoms with Crippen LogP contribution in [0.1, 0.15) is 32.1 Å². The number of allylic oxidation sites excluding steroid dienone is 1. The number of imide groups is 1. The largest absolute Gasteiger partial charge is 0.531 e. The molecule has 0 atom stereocenters. The van der Waals surface area contributed by atoms with Crippen LogP contribution >= 0.6 is 0 Å². The predicted octanol–water partition coefficient (Wildman–Crippen LogP) is 1.72. The van der Waals surface area contributed by atoms with Gasteiger partial charge in [-0.05, 0) is 25.2 Å². The number of amides is 2. The van der Waals surface area contributed by atoms with Crippen LogP contribution in [0, 0.1) is 5.92 Å². The van der Waals surface area contributed by atoms with Crippen molar-refractivity contribution in [2.24, 2.45) is 5.92 Å². The van der Waals surface area contributed by atoms with Crippen molar-refractivity contribution in [2.75, 3.05) is 0 Å². The minimum Gasteiger partial charge on any atom is -0.448 e. The highest BCUT2D eigenvalue weighted by molar-refractivity contribution is 6.01. The van der Waals surface area contributed by atoms with E-state index in [1.807, 2.05) is 6.08 Å². The van der Waals surface area contributed by atoms with Crippen LogP contribution in [0.4, 0.5) is 4.79 Å². The van der Waals surface area contributed by atoms with Gasteiger partial charge >= 0.3 is 6.16 Å². The summed E-state index contributed by atoms with van der Waals surface area (Å²) < 4.78 is 0. The average Bonchev–Trinajstić information content (AvgIpc) is 3.02. The zero-order valence-electron chi connectivity index (χ0n) is 9.42. The average molecular weight is 241 g/mol. The Balaban J connectivity index is 0.000000202. The van der Waals surface area contributed by atoms with Crippen molar-refractivity contribution in [3.8, 4) is 0 Å². The van der Waals surface area contributed by atoms with Gasteiger partial charge in [-0.3, -0.25) is 14.4 Å². The van der Waals surface area contributed by atoms with Crippen LogP contribution in [0.2, 0.25) is 0 Å².